The average Bonchev–Trinajstić information content (AvgIpc) is 3.39. The van der Waals surface area contributed by atoms with Gasteiger partial charge in [0.2, 0.25) is 0 Å². The molecule has 0 amide bonds. The number of hydrogen-bond acceptors (Lipinski definition) is 5. The quantitative estimate of drug-likeness (QED) is 0.497. The lowest BCUT2D eigenvalue weighted by atomic mass is 10.1. The topological polar surface area (TPSA) is 61.3 Å². The third-order valence-electron chi connectivity index (χ3n) is 5.23. The number of nitrogens with zero attached hydrogens (tertiary/aromatic N) is 2. The molecular weight excluding hydrogens is 422 g/mol. The molecule has 0 radical (unpaired) electrons. The van der Waals surface area contributed by atoms with Gasteiger partial charge in [-0.2, -0.15) is 5.10 Å². The molecule has 1 aliphatic heterocycles. The van der Waals surface area contributed by atoms with Gasteiger partial charge < -0.3 is 14.2 Å². The van der Waals surface area contributed by atoms with Gasteiger partial charge in [0, 0.05) is 22.8 Å². The summed E-state index contributed by atoms with van der Waals surface area (Å²) in [6.45, 7) is 3.80. The molecule has 1 atom stereocenters. The van der Waals surface area contributed by atoms with E-state index in [-0.39, 0.29) is 6.10 Å². The fourth-order valence-electron chi connectivity index (χ4n) is 3.60. The molecule has 4 rings (SSSR count). The number of hydrogen-bond donors (Lipinski definition) is 1. The van der Waals surface area contributed by atoms with Crippen LogP contribution in [0.5, 0.6) is 11.5 Å². The van der Waals surface area contributed by atoms with E-state index < -0.39 is 0 Å². The maximum Gasteiger partial charge on any atom is 0.195 e. The van der Waals surface area contributed by atoms with Crippen molar-refractivity contribution in [2.75, 3.05) is 13.7 Å². The molecule has 2 aromatic carbocycles. The van der Waals surface area contributed by atoms with Crippen molar-refractivity contribution in [1.82, 2.24) is 14.8 Å². The van der Waals surface area contributed by atoms with Crippen molar-refractivity contribution >= 4 is 23.8 Å². The molecule has 30 heavy (non-hydrogen) atoms. The Labute approximate surface area is 185 Å². The van der Waals surface area contributed by atoms with Crippen molar-refractivity contribution in [3.8, 4) is 22.9 Å². The largest absolute Gasteiger partial charge is 0.496 e. The van der Waals surface area contributed by atoms with Crippen molar-refractivity contribution in [2.45, 2.75) is 39.0 Å². The lowest BCUT2D eigenvalue weighted by Gasteiger charge is -2.15. The minimum Gasteiger partial charge on any atom is -0.496 e. The third-order valence-corrected chi connectivity index (χ3v) is 5.97. The molecule has 3 aromatic rings. The molecular formula is C22H24ClN3O3S. The van der Waals surface area contributed by atoms with E-state index in [2.05, 4.69) is 10.2 Å². The Morgan fingerprint density at radius 2 is 2.17 bits per heavy atom. The number of aryl methyl sites for hydroxylation is 1. The van der Waals surface area contributed by atoms with Crippen LogP contribution in [0.2, 0.25) is 5.02 Å². The van der Waals surface area contributed by atoms with E-state index in [0.717, 1.165) is 58.5 Å². The number of methoxy groups -OCH3 is 1. The van der Waals surface area contributed by atoms with E-state index in [4.69, 9.17) is 38.0 Å². The molecule has 1 N–H and O–H groups in total. The molecule has 1 aliphatic rings. The van der Waals surface area contributed by atoms with Crippen molar-refractivity contribution in [2.24, 2.45) is 0 Å². The predicted octanol–water partition coefficient (Wildman–Crippen LogP) is 5.34. The van der Waals surface area contributed by atoms with E-state index in [1.54, 1.807) is 7.11 Å². The monoisotopic (exact) mass is 445 g/mol. The van der Waals surface area contributed by atoms with E-state index in [0.29, 0.717) is 17.9 Å². The molecule has 6 nitrogen and oxygen atoms in total. The zero-order chi connectivity index (χ0) is 21.1. The van der Waals surface area contributed by atoms with Crippen LogP contribution in [-0.4, -0.2) is 34.6 Å². The molecule has 0 spiro atoms. The summed E-state index contributed by atoms with van der Waals surface area (Å²) in [4.78, 5) is 0. The highest BCUT2D eigenvalue weighted by atomic mass is 35.5. The Morgan fingerprint density at radius 1 is 1.30 bits per heavy atom. The van der Waals surface area contributed by atoms with Crippen LogP contribution in [0.4, 0.5) is 0 Å². The Kier molecular flexibility index (Phi) is 6.41. The summed E-state index contributed by atoms with van der Waals surface area (Å²) < 4.78 is 19.9. The molecule has 1 saturated heterocycles. The van der Waals surface area contributed by atoms with Gasteiger partial charge in [0.25, 0.3) is 0 Å². The SMILES string of the molecule is COc1ccc(-c2n[nH]c(=S)n2C[C@@H]2CCCO2)cc1COc1ccc(Cl)c(C)c1. The van der Waals surface area contributed by atoms with Gasteiger partial charge in [-0.25, -0.2) is 0 Å². The predicted molar refractivity (Wildman–Crippen MR) is 119 cm³/mol. The summed E-state index contributed by atoms with van der Waals surface area (Å²) in [5, 5.41) is 8.09. The highest BCUT2D eigenvalue weighted by molar-refractivity contribution is 7.71. The number of benzene rings is 2. The Morgan fingerprint density at radius 3 is 2.90 bits per heavy atom. The van der Waals surface area contributed by atoms with Crippen LogP contribution < -0.4 is 9.47 Å². The van der Waals surface area contributed by atoms with Crippen LogP contribution in [0, 0.1) is 11.7 Å². The van der Waals surface area contributed by atoms with Crippen LogP contribution in [-0.2, 0) is 17.9 Å². The van der Waals surface area contributed by atoms with Crippen LogP contribution >= 0.6 is 23.8 Å². The summed E-state index contributed by atoms with van der Waals surface area (Å²) in [6, 6.07) is 11.5. The third kappa shape index (κ3) is 4.53. The Balaban J connectivity index is 1.59. The summed E-state index contributed by atoms with van der Waals surface area (Å²) in [7, 11) is 1.65. The van der Waals surface area contributed by atoms with Gasteiger partial charge in [-0.05, 0) is 73.9 Å². The van der Waals surface area contributed by atoms with Gasteiger partial charge in [0.15, 0.2) is 10.6 Å². The van der Waals surface area contributed by atoms with E-state index in [1.165, 1.54) is 0 Å². The fourth-order valence-corrected chi connectivity index (χ4v) is 3.92. The van der Waals surface area contributed by atoms with Gasteiger partial charge >= 0.3 is 0 Å². The van der Waals surface area contributed by atoms with Crippen LogP contribution in [0.25, 0.3) is 11.4 Å². The number of aromatic amines is 1. The second-order valence-electron chi connectivity index (χ2n) is 7.32. The molecule has 0 saturated carbocycles. The van der Waals surface area contributed by atoms with Crippen molar-refractivity contribution < 1.29 is 14.2 Å². The van der Waals surface area contributed by atoms with Crippen molar-refractivity contribution in [1.29, 1.82) is 0 Å². The van der Waals surface area contributed by atoms with Crippen LogP contribution in [0.15, 0.2) is 36.4 Å². The minimum atomic E-state index is 0.169. The van der Waals surface area contributed by atoms with Crippen LogP contribution in [0.3, 0.4) is 0 Å². The first-order valence-corrected chi connectivity index (χ1v) is 10.7. The second kappa shape index (κ2) is 9.20. The van der Waals surface area contributed by atoms with Gasteiger partial charge in [0.1, 0.15) is 18.1 Å². The number of rotatable bonds is 7. The first-order chi connectivity index (χ1) is 14.5. The maximum absolute atomic E-state index is 6.11. The zero-order valence-electron chi connectivity index (χ0n) is 17.0. The molecule has 2 heterocycles. The fraction of sp³-hybridized carbons (Fsp3) is 0.364. The van der Waals surface area contributed by atoms with Crippen molar-refractivity contribution in [3.63, 3.8) is 0 Å². The Bertz CT molecular complexity index is 1090. The number of H-pyrrole nitrogens is 1. The van der Waals surface area contributed by atoms with E-state index in [9.17, 15) is 0 Å². The molecule has 1 aromatic heterocycles. The molecule has 8 heteroatoms. The lowest BCUT2D eigenvalue weighted by Crippen LogP contribution is -2.16. The summed E-state index contributed by atoms with van der Waals surface area (Å²) >= 11 is 11.6. The second-order valence-corrected chi connectivity index (χ2v) is 8.12. The smallest absolute Gasteiger partial charge is 0.195 e. The van der Waals surface area contributed by atoms with Crippen LogP contribution in [0.1, 0.15) is 24.0 Å². The van der Waals surface area contributed by atoms with Gasteiger partial charge in [-0.3, -0.25) is 9.67 Å². The first kappa shape index (κ1) is 20.9. The summed E-state index contributed by atoms with van der Waals surface area (Å²) in [5.74, 6) is 2.29. The Hall–Kier alpha value is -2.35. The number of halogens is 1. The number of aromatic nitrogens is 3. The van der Waals surface area contributed by atoms with E-state index >= 15 is 0 Å². The summed E-state index contributed by atoms with van der Waals surface area (Å²) in [5.41, 5.74) is 2.83. The average molecular weight is 446 g/mol. The van der Waals surface area contributed by atoms with Gasteiger partial charge in [0.05, 0.1) is 19.8 Å². The van der Waals surface area contributed by atoms with Crippen molar-refractivity contribution in [3.05, 3.63) is 57.3 Å². The molecule has 0 aliphatic carbocycles. The highest BCUT2D eigenvalue weighted by Crippen LogP contribution is 2.29. The van der Waals surface area contributed by atoms with Gasteiger partial charge in [-0.15, -0.1) is 0 Å². The lowest BCUT2D eigenvalue weighted by molar-refractivity contribution is 0.0970. The first-order valence-electron chi connectivity index (χ1n) is 9.88. The van der Waals surface area contributed by atoms with E-state index in [1.807, 2.05) is 47.9 Å². The summed E-state index contributed by atoms with van der Waals surface area (Å²) in [6.07, 6.45) is 2.29. The molecule has 158 valence electrons. The normalized spacial score (nSPS) is 16.0. The molecule has 0 unspecified atom stereocenters. The number of ether oxygens (including phenoxy) is 3. The standard InChI is InChI=1S/C22H24ClN3O3S/c1-14-10-17(6-7-19(14)23)29-13-16-11-15(5-8-20(16)27-2)21-24-25-22(30)26(21)12-18-4-3-9-28-18/h5-8,10-11,18H,3-4,9,12-13H2,1-2H3,(H,25,30)/t18-/m0/s1. The highest BCUT2D eigenvalue weighted by Gasteiger charge is 2.20. The van der Waals surface area contributed by atoms with Gasteiger partial charge in [-0.1, -0.05) is 11.6 Å². The molecule has 1 fully saturated rings. The number of nitrogens with one attached hydrogen (secondary N) is 1. The molecule has 0 bridgehead atoms. The zero-order valence-corrected chi connectivity index (χ0v) is 18.6. The minimum absolute atomic E-state index is 0.169. The maximum atomic E-state index is 6.11.